The molecule has 6 heteroatoms. The molecule has 0 aliphatic carbocycles. The van der Waals surface area contributed by atoms with E-state index in [0.29, 0.717) is 22.2 Å². The molecule has 116 valence electrons. The van der Waals surface area contributed by atoms with Crippen molar-refractivity contribution in [1.82, 2.24) is 4.57 Å². The number of aromatic nitrogens is 1. The second-order valence-corrected chi connectivity index (χ2v) is 5.85. The van der Waals surface area contributed by atoms with Crippen molar-refractivity contribution in [3.05, 3.63) is 64.8 Å². The van der Waals surface area contributed by atoms with Crippen LogP contribution in [-0.4, -0.2) is 23.0 Å². The summed E-state index contributed by atoms with van der Waals surface area (Å²) in [6, 6.07) is 14.3. The molecule has 2 aromatic carbocycles. The van der Waals surface area contributed by atoms with E-state index in [0.717, 1.165) is 4.47 Å². The SMILES string of the molecule is NC(=O)c1cn(C(=O)COc2ccc(Br)cc2)c2ccccc12. The maximum absolute atomic E-state index is 12.4. The summed E-state index contributed by atoms with van der Waals surface area (Å²) in [6.45, 7) is -0.140. The number of nitrogens with two attached hydrogens (primary N) is 1. The van der Waals surface area contributed by atoms with E-state index in [1.165, 1.54) is 10.8 Å². The molecule has 5 nitrogen and oxygen atoms in total. The van der Waals surface area contributed by atoms with E-state index in [-0.39, 0.29) is 12.5 Å². The molecule has 3 aromatic rings. The Labute approximate surface area is 140 Å². The van der Waals surface area contributed by atoms with Gasteiger partial charge < -0.3 is 10.5 Å². The summed E-state index contributed by atoms with van der Waals surface area (Å²) in [5.74, 6) is -0.258. The zero-order valence-corrected chi connectivity index (χ0v) is 13.6. The summed E-state index contributed by atoms with van der Waals surface area (Å²) < 4.78 is 7.81. The number of hydrogen-bond acceptors (Lipinski definition) is 3. The fourth-order valence-electron chi connectivity index (χ4n) is 2.33. The standard InChI is InChI=1S/C17H13BrN2O3/c18-11-5-7-12(8-6-11)23-10-16(21)20-9-14(17(19)22)13-3-1-2-4-15(13)20/h1-9H,10H2,(H2,19,22). The van der Waals surface area contributed by atoms with Crippen molar-refractivity contribution in [2.45, 2.75) is 0 Å². The van der Waals surface area contributed by atoms with Gasteiger partial charge in [-0.25, -0.2) is 0 Å². The van der Waals surface area contributed by atoms with E-state index >= 15 is 0 Å². The Morgan fingerprint density at radius 1 is 1.09 bits per heavy atom. The van der Waals surface area contributed by atoms with Gasteiger partial charge in [0.1, 0.15) is 5.75 Å². The molecule has 0 aliphatic heterocycles. The smallest absolute Gasteiger partial charge is 0.269 e. The highest BCUT2D eigenvalue weighted by molar-refractivity contribution is 9.10. The third-order valence-electron chi connectivity index (χ3n) is 3.42. The van der Waals surface area contributed by atoms with Gasteiger partial charge in [-0.2, -0.15) is 0 Å². The molecule has 0 bridgehead atoms. The van der Waals surface area contributed by atoms with Crippen LogP contribution in [0.5, 0.6) is 5.75 Å². The summed E-state index contributed by atoms with van der Waals surface area (Å²) in [7, 11) is 0. The average Bonchev–Trinajstić information content (AvgIpc) is 2.94. The molecule has 0 spiro atoms. The van der Waals surface area contributed by atoms with Crippen molar-refractivity contribution in [3.8, 4) is 5.75 Å². The normalized spacial score (nSPS) is 10.7. The first-order valence-electron chi connectivity index (χ1n) is 6.88. The van der Waals surface area contributed by atoms with Crippen molar-refractivity contribution >= 4 is 38.6 Å². The van der Waals surface area contributed by atoms with Crippen molar-refractivity contribution < 1.29 is 14.3 Å². The number of fused-ring (bicyclic) bond motifs is 1. The van der Waals surface area contributed by atoms with Crippen LogP contribution in [-0.2, 0) is 0 Å². The van der Waals surface area contributed by atoms with Crippen molar-refractivity contribution in [1.29, 1.82) is 0 Å². The first-order valence-corrected chi connectivity index (χ1v) is 7.67. The largest absolute Gasteiger partial charge is 0.484 e. The zero-order valence-electron chi connectivity index (χ0n) is 12.0. The number of halogens is 1. The Kier molecular flexibility index (Phi) is 4.16. The summed E-state index contributed by atoms with van der Waals surface area (Å²) >= 11 is 3.34. The molecule has 0 radical (unpaired) electrons. The van der Waals surface area contributed by atoms with Gasteiger partial charge in [-0.3, -0.25) is 14.2 Å². The fourth-order valence-corrected chi connectivity index (χ4v) is 2.59. The average molecular weight is 373 g/mol. The van der Waals surface area contributed by atoms with Crippen molar-refractivity contribution in [2.75, 3.05) is 6.61 Å². The van der Waals surface area contributed by atoms with E-state index in [1.807, 2.05) is 12.1 Å². The van der Waals surface area contributed by atoms with Gasteiger partial charge in [0, 0.05) is 16.1 Å². The molecule has 0 aliphatic rings. The lowest BCUT2D eigenvalue weighted by molar-refractivity contribution is 0.0843. The van der Waals surface area contributed by atoms with Gasteiger partial charge in [0.25, 0.3) is 11.8 Å². The molecule has 3 rings (SSSR count). The van der Waals surface area contributed by atoms with Crippen molar-refractivity contribution in [2.24, 2.45) is 5.73 Å². The van der Waals surface area contributed by atoms with E-state index in [4.69, 9.17) is 10.5 Å². The molecule has 23 heavy (non-hydrogen) atoms. The molecular formula is C17H13BrN2O3. The Morgan fingerprint density at radius 3 is 2.48 bits per heavy atom. The van der Waals surface area contributed by atoms with Crippen LogP contribution in [0.4, 0.5) is 0 Å². The highest BCUT2D eigenvalue weighted by Crippen LogP contribution is 2.21. The molecule has 1 aromatic heterocycles. The monoisotopic (exact) mass is 372 g/mol. The van der Waals surface area contributed by atoms with Crippen LogP contribution in [0.25, 0.3) is 10.9 Å². The number of para-hydroxylation sites is 1. The zero-order chi connectivity index (χ0) is 16.4. The van der Waals surface area contributed by atoms with Gasteiger partial charge >= 0.3 is 0 Å². The third kappa shape index (κ3) is 3.12. The predicted molar refractivity (Wildman–Crippen MR) is 90.7 cm³/mol. The van der Waals surface area contributed by atoms with Crippen LogP contribution in [0.3, 0.4) is 0 Å². The van der Waals surface area contributed by atoms with Crippen LogP contribution in [0.2, 0.25) is 0 Å². The summed E-state index contributed by atoms with van der Waals surface area (Å²) in [6.07, 6.45) is 1.46. The molecule has 0 unspecified atom stereocenters. The minimum absolute atomic E-state index is 0.140. The van der Waals surface area contributed by atoms with Gasteiger partial charge in [-0.15, -0.1) is 0 Å². The number of carbonyl (C=O) groups is 2. The van der Waals surface area contributed by atoms with Crippen LogP contribution in [0, 0.1) is 0 Å². The van der Waals surface area contributed by atoms with Gasteiger partial charge in [-0.1, -0.05) is 34.1 Å². The maximum Gasteiger partial charge on any atom is 0.269 e. The van der Waals surface area contributed by atoms with Crippen LogP contribution in [0.15, 0.2) is 59.2 Å². The molecule has 0 saturated heterocycles. The van der Waals surface area contributed by atoms with E-state index in [9.17, 15) is 9.59 Å². The first kappa shape index (κ1) is 15.3. The summed E-state index contributed by atoms with van der Waals surface area (Å²) in [5, 5.41) is 0.650. The first-order chi connectivity index (χ1) is 11.1. The third-order valence-corrected chi connectivity index (χ3v) is 3.95. The Morgan fingerprint density at radius 2 is 1.78 bits per heavy atom. The summed E-state index contributed by atoms with van der Waals surface area (Å²) in [4.78, 5) is 23.9. The van der Waals surface area contributed by atoms with Crippen molar-refractivity contribution in [3.63, 3.8) is 0 Å². The number of rotatable bonds is 4. The molecule has 1 heterocycles. The number of carbonyl (C=O) groups excluding carboxylic acids is 2. The molecule has 0 atom stereocenters. The fraction of sp³-hybridized carbons (Fsp3) is 0.0588. The topological polar surface area (TPSA) is 74.3 Å². The number of benzene rings is 2. The van der Waals surface area contributed by atoms with E-state index in [2.05, 4.69) is 15.9 Å². The Bertz CT molecular complexity index is 884. The number of hydrogen-bond donors (Lipinski definition) is 1. The van der Waals surface area contributed by atoms with Crippen LogP contribution < -0.4 is 10.5 Å². The molecule has 0 saturated carbocycles. The minimum atomic E-state index is -0.568. The van der Waals surface area contributed by atoms with E-state index in [1.54, 1.807) is 36.4 Å². The van der Waals surface area contributed by atoms with Crippen LogP contribution in [0.1, 0.15) is 15.2 Å². The number of primary amides is 1. The molecule has 0 fully saturated rings. The lowest BCUT2D eigenvalue weighted by Gasteiger charge is -2.07. The Balaban J connectivity index is 1.86. The Hall–Kier alpha value is -2.60. The number of ether oxygens (including phenoxy) is 1. The maximum atomic E-state index is 12.4. The summed E-state index contributed by atoms with van der Waals surface area (Å²) in [5.41, 5.74) is 6.32. The molecule has 1 amide bonds. The highest BCUT2D eigenvalue weighted by Gasteiger charge is 2.16. The van der Waals surface area contributed by atoms with Crippen LogP contribution >= 0.6 is 15.9 Å². The van der Waals surface area contributed by atoms with E-state index < -0.39 is 5.91 Å². The number of nitrogens with zero attached hydrogens (tertiary/aromatic N) is 1. The second kappa shape index (κ2) is 6.26. The predicted octanol–water partition coefficient (Wildman–Crippen LogP) is 3.22. The van der Waals surface area contributed by atoms with Gasteiger partial charge in [0.15, 0.2) is 6.61 Å². The van der Waals surface area contributed by atoms with Gasteiger partial charge in [-0.05, 0) is 30.3 Å². The lowest BCUT2D eigenvalue weighted by atomic mass is 10.2. The van der Waals surface area contributed by atoms with Gasteiger partial charge in [0.2, 0.25) is 0 Å². The minimum Gasteiger partial charge on any atom is -0.484 e. The molecule has 2 N–H and O–H groups in total. The quantitative estimate of drug-likeness (QED) is 0.763. The molecular weight excluding hydrogens is 360 g/mol. The van der Waals surface area contributed by atoms with Gasteiger partial charge in [0.05, 0.1) is 11.1 Å². The lowest BCUT2D eigenvalue weighted by Crippen LogP contribution is -2.18. The highest BCUT2D eigenvalue weighted by atomic mass is 79.9. The second-order valence-electron chi connectivity index (χ2n) is 4.93. The number of amides is 1.